The van der Waals surface area contributed by atoms with Crippen molar-refractivity contribution in [3.05, 3.63) is 0 Å². The molecular formula is C13H19N3O4S2. The van der Waals surface area contributed by atoms with Gasteiger partial charge >= 0.3 is 0 Å². The van der Waals surface area contributed by atoms with Crippen LogP contribution in [-0.2, 0) is 9.47 Å². The zero-order chi connectivity index (χ0) is 15.6. The van der Waals surface area contributed by atoms with Gasteiger partial charge in [0.15, 0.2) is 5.79 Å². The van der Waals surface area contributed by atoms with Crippen molar-refractivity contribution in [2.45, 2.75) is 43.7 Å². The minimum atomic E-state index is -0.557. The van der Waals surface area contributed by atoms with Gasteiger partial charge in [-0.2, -0.15) is 9.36 Å². The number of nitrogens with zero attached hydrogens (tertiary/aromatic N) is 3. The third-order valence-electron chi connectivity index (χ3n) is 3.39. The minimum Gasteiger partial charge on any atom is -0.466 e. The Kier molecular flexibility index (Phi) is 4.86. The highest BCUT2D eigenvalue weighted by Gasteiger charge is 2.33. The van der Waals surface area contributed by atoms with Crippen molar-refractivity contribution < 1.29 is 19.0 Å². The molecule has 0 saturated carbocycles. The molecule has 9 heteroatoms. The Morgan fingerprint density at radius 2 is 2.27 bits per heavy atom. The molecule has 1 aromatic rings. The molecule has 0 spiro atoms. The summed E-state index contributed by atoms with van der Waals surface area (Å²) in [6.07, 6.45) is 2.04. The smallest absolute Gasteiger partial charge is 0.294 e. The molecule has 1 unspecified atom stereocenters. The van der Waals surface area contributed by atoms with Crippen LogP contribution in [0.3, 0.4) is 0 Å². The first kappa shape index (κ1) is 16.0. The van der Waals surface area contributed by atoms with E-state index in [0.717, 1.165) is 49.2 Å². The van der Waals surface area contributed by atoms with Gasteiger partial charge in [-0.15, -0.1) is 0 Å². The van der Waals surface area contributed by atoms with Crippen molar-refractivity contribution in [1.29, 1.82) is 0 Å². The van der Waals surface area contributed by atoms with Crippen molar-refractivity contribution in [2.75, 3.05) is 26.3 Å². The number of aromatic nitrogens is 2. The largest absolute Gasteiger partial charge is 0.466 e. The second-order valence-corrected chi connectivity index (χ2v) is 7.30. The summed E-state index contributed by atoms with van der Waals surface area (Å²) in [6, 6.07) is 0. The van der Waals surface area contributed by atoms with Gasteiger partial charge in [-0.05, 0) is 26.7 Å². The Morgan fingerprint density at radius 3 is 2.95 bits per heavy atom. The van der Waals surface area contributed by atoms with Crippen LogP contribution in [0, 0.1) is 0 Å². The van der Waals surface area contributed by atoms with E-state index in [0.29, 0.717) is 23.6 Å². The average molecular weight is 345 g/mol. The average Bonchev–Trinajstić information content (AvgIpc) is 3.17. The van der Waals surface area contributed by atoms with Crippen molar-refractivity contribution in [1.82, 2.24) is 14.3 Å². The van der Waals surface area contributed by atoms with Gasteiger partial charge in [0.25, 0.3) is 10.4 Å². The SMILES string of the molecule is CC1(C)OCC(COc2nc(SC(=O)N3CCCC3)ns2)O1. The quantitative estimate of drug-likeness (QED) is 0.776. The van der Waals surface area contributed by atoms with Crippen molar-refractivity contribution in [2.24, 2.45) is 0 Å². The first-order valence-electron chi connectivity index (χ1n) is 7.27. The Bertz CT molecular complexity index is 531. The molecule has 2 saturated heterocycles. The summed E-state index contributed by atoms with van der Waals surface area (Å²) in [6.45, 7) is 6.26. The molecule has 2 aliphatic rings. The number of carbonyl (C=O) groups excluding carboxylic acids is 1. The van der Waals surface area contributed by atoms with Crippen LogP contribution in [0.5, 0.6) is 5.19 Å². The maximum absolute atomic E-state index is 12.0. The lowest BCUT2D eigenvalue weighted by atomic mass is 10.4. The Balaban J connectivity index is 1.46. The van der Waals surface area contributed by atoms with Crippen LogP contribution in [0.4, 0.5) is 4.79 Å². The van der Waals surface area contributed by atoms with Gasteiger partial charge in [-0.1, -0.05) is 0 Å². The van der Waals surface area contributed by atoms with Gasteiger partial charge in [-0.25, -0.2) is 0 Å². The van der Waals surface area contributed by atoms with E-state index in [1.54, 1.807) is 0 Å². The fourth-order valence-electron chi connectivity index (χ4n) is 2.35. The Morgan fingerprint density at radius 1 is 1.50 bits per heavy atom. The maximum Gasteiger partial charge on any atom is 0.294 e. The monoisotopic (exact) mass is 345 g/mol. The Labute approximate surface area is 137 Å². The molecule has 0 aliphatic carbocycles. The number of thioether (sulfide) groups is 1. The molecule has 0 radical (unpaired) electrons. The number of hydrogen-bond acceptors (Lipinski definition) is 8. The molecule has 1 atom stereocenters. The fourth-order valence-corrected chi connectivity index (χ4v) is 3.71. The van der Waals surface area contributed by atoms with Crippen molar-refractivity contribution >= 4 is 28.5 Å². The van der Waals surface area contributed by atoms with Crippen LogP contribution >= 0.6 is 23.3 Å². The molecule has 2 fully saturated rings. The van der Waals surface area contributed by atoms with E-state index in [4.69, 9.17) is 14.2 Å². The van der Waals surface area contributed by atoms with E-state index in [-0.39, 0.29) is 11.3 Å². The predicted octanol–water partition coefficient (Wildman–Crippen LogP) is 2.38. The molecule has 0 aromatic carbocycles. The molecule has 3 rings (SSSR count). The summed E-state index contributed by atoms with van der Waals surface area (Å²) in [5.74, 6) is -0.557. The molecule has 0 bridgehead atoms. The maximum atomic E-state index is 12.0. The van der Waals surface area contributed by atoms with E-state index in [9.17, 15) is 4.79 Å². The van der Waals surface area contributed by atoms with Gasteiger partial charge < -0.3 is 19.1 Å². The van der Waals surface area contributed by atoms with Gasteiger partial charge in [0.1, 0.15) is 12.7 Å². The molecule has 3 heterocycles. The molecule has 1 amide bonds. The van der Waals surface area contributed by atoms with E-state index in [2.05, 4.69) is 9.36 Å². The highest BCUT2D eigenvalue weighted by Crippen LogP contribution is 2.27. The van der Waals surface area contributed by atoms with Gasteiger partial charge in [0.2, 0.25) is 5.16 Å². The lowest BCUT2D eigenvalue weighted by Crippen LogP contribution is -2.25. The number of likely N-dealkylation sites (tertiary alicyclic amines) is 1. The summed E-state index contributed by atoms with van der Waals surface area (Å²) >= 11 is 2.20. The molecular weight excluding hydrogens is 326 g/mol. The topological polar surface area (TPSA) is 73.8 Å². The highest BCUT2D eigenvalue weighted by molar-refractivity contribution is 8.13. The molecule has 7 nitrogen and oxygen atoms in total. The van der Waals surface area contributed by atoms with Crippen LogP contribution in [-0.4, -0.2) is 57.7 Å². The fraction of sp³-hybridized carbons (Fsp3) is 0.769. The normalized spacial score (nSPS) is 23.9. The number of amides is 1. The number of ether oxygens (including phenoxy) is 3. The summed E-state index contributed by atoms with van der Waals surface area (Å²) in [4.78, 5) is 18.1. The second-order valence-electron chi connectivity index (χ2n) is 5.67. The zero-order valence-electron chi connectivity index (χ0n) is 12.6. The van der Waals surface area contributed by atoms with Crippen molar-refractivity contribution in [3.63, 3.8) is 0 Å². The Hall–Kier alpha value is -0.900. The van der Waals surface area contributed by atoms with Gasteiger partial charge in [0, 0.05) is 36.4 Å². The third kappa shape index (κ3) is 4.09. The highest BCUT2D eigenvalue weighted by atomic mass is 32.2. The molecule has 0 N–H and O–H groups in total. The minimum absolute atomic E-state index is 0.0103. The first-order chi connectivity index (χ1) is 10.5. The first-order valence-corrected chi connectivity index (χ1v) is 8.86. The summed E-state index contributed by atoms with van der Waals surface area (Å²) in [7, 11) is 0. The standard InChI is InChI=1S/C13H19N3O4S2/c1-13(2)19-8-9(20-13)7-18-11-14-10(15-22-11)21-12(17)16-5-3-4-6-16/h9H,3-8H2,1-2H3. The van der Waals surface area contributed by atoms with Gasteiger partial charge in [-0.3, -0.25) is 4.79 Å². The number of hydrogen-bond donors (Lipinski definition) is 0. The summed E-state index contributed by atoms with van der Waals surface area (Å²) < 4.78 is 20.8. The second kappa shape index (κ2) is 6.69. The lowest BCUT2D eigenvalue weighted by molar-refractivity contribution is -0.141. The third-order valence-corrected chi connectivity index (χ3v) is 4.93. The van der Waals surface area contributed by atoms with E-state index in [1.165, 1.54) is 0 Å². The molecule has 2 aliphatic heterocycles. The van der Waals surface area contributed by atoms with Crippen LogP contribution in [0.25, 0.3) is 0 Å². The van der Waals surface area contributed by atoms with E-state index < -0.39 is 5.79 Å². The van der Waals surface area contributed by atoms with Gasteiger partial charge in [0.05, 0.1) is 6.61 Å². The predicted molar refractivity (Wildman–Crippen MR) is 82.4 cm³/mol. The van der Waals surface area contributed by atoms with E-state index in [1.807, 2.05) is 18.7 Å². The van der Waals surface area contributed by atoms with Crippen molar-refractivity contribution in [3.8, 4) is 5.19 Å². The zero-order valence-corrected chi connectivity index (χ0v) is 14.2. The molecule has 1 aromatic heterocycles. The lowest BCUT2D eigenvalue weighted by Gasteiger charge is -2.16. The summed E-state index contributed by atoms with van der Waals surface area (Å²) in [5, 5.41) is 0.905. The number of carbonyl (C=O) groups is 1. The van der Waals surface area contributed by atoms with Crippen LogP contribution < -0.4 is 4.74 Å². The van der Waals surface area contributed by atoms with Crippen LogP contribution in [0.1, 0.15) is 26.7 Å². The molecule has 122 valence electrons. The summed E-state index contributed by atoms with van der Waals surface area (Å²) in [5.41, 5.74) is 0. The number of rotatable bonds is 4. The van der Waals surface area contributed by atoms with Crippen LogP contribution in [0.2, 0.25) is 0 Å². The van der Waals surface area contributed by atoms with E-state index >= 15 is 0 Å². The van der Waals surface area contributed by atoms with Crippen LogP contribution in [0.15, 0.2) is 5.16 Å². The molecule has 22 heavy (non-hydrogen) atoms.